The summed E-state index contributed by atoms with van der Waals surface area (Å²) in [5.41, 5.74) is 4.28. The van der Waals surface area contributed by atoms with Gasteiger partial charge in [-0.25, -0.2) is 8.78 Å². The molecule has 1 aliphatic heterocycles. The summed E-state index contributed by atoms with van der Waals surface area (Å²) in [4.78, 5) is 4.46. The first-order valence-corrected chi connectivity index (χ1v) is 9.36. The average molecular weight is 401 g/mol. The van der Waals surface area contributed by atoms with Crippen molar-refractivity contribution in [3.05, 3.63) is 70.9 Å². The van der Waals surface area contributed by atoms with Gasteiger partial charge in [0.15, 0.2) is 0 Å². The fourth-order valence-electron chi connectivity index (χ4n) is 3.43. The predicted molar refractivity (Wildman–Crippen MR) is 107 cm³/mol. The fraction of sp³-hybridized carbons (Fsp3) is 0.238. The first kappa shape index (κ1) is 18.8. The van der Waals surface area contributed by atoms with Crippen LogP contribution in [0.5, 0.6) is 0 Å². The van der Waals surface area contributed by atoms with Gasteiger partial charge in [0.1, 0.15) is 5.69 Å². The predicted octanol–water partition coefficient (Wildman–Crippen LogP) is 5.32. The van der Waals surface area contributed by atoms with Gasteiger partial charge in [-0.05, 0) is 49.0 Å². The molecule has 0 aliphatic carbocycles. The Morgan fingerprint density at radius 3 is 2.50 bits per heavy atom. The largest absolute Gasteiger partial charge is 0.339 e. The fourth-order valence-corrected chi connectivity index (χ4v) is 3.67. The number of para-hydroxylation sites is 1. The Morgan fingerprint density at radius 1 is 0.964 bits per heavy atom. The highest BCUT2D eigenvalue weighted by molar-refractivity contribution is 6.33. The third kappa shape index (κ3) is 3.70. The molecule has 0 saturated carbocycles. The Bertz CT molecular complexity index is 978. The zero-order chi connectivity index (χ0) is 19.7. The molecule has 144 valence electrons. The number of rotatable bonds is 3. The molecule has 0 unspecified atom stereocenters. The van der Waals surface area contributed by atoms with Gasteiger partial charge in [0, 0.05) is 30.9 Å². The van der Waals surface area contributed by atoms with Crippen LogP contribution in [0.4, 0.5) is 20.2 Å². The molecular formula is C21H19ClF2N4. The van der Waals surface area contributed by atoms with E-state index in [1.807, 2.05) is 42.5 Å². The molecule has 4 rings (SSSR count). The van der Waals surface area contributed by atoms with Crippen LogP contribution >= 0.6 is 11.6 Å². The minimum atomic E-state index is -2.62. The number of benzene rings is 2. The molecule has 2 aromatic carbocycles. The van der Waals surface area contributed by atoms with Crippen LogP contribution in [0.2, 0.25) is 5.02 Å². The van der Waals surface area contributed by atoms with Gasteiger partial charge in [-0.15, -0.1) is 5.10 Å². The molecular weight excluding hydrogens is 382 g/mol. The molecule has 0 atom stereocenters. The average Bonchev–Trinajstić information content (AvgIpc) is 2.86. The van der Waals surface area contributed by atoms with Gasteiger partial charge < -0.3 is 9.80 Å². The van der Waals surface area contributed by atoms with Crippen molar-refractivity contribution in [2.24, 2.45) is 0 Å². The van der Waals surface area contributed by atoms with E-state index in [9.17, 15) is 8.78 Å². The number of hydrogen-bond donors (Lipinski definition) is 0. The zero-order valence-electron chi connectivity index (χ0n) is 15.3. The molecule has 0 amide bonds. The van der Waals surface area contributed by atoms with Gasteiger partial charge >= 0.3 is 0 Å². The molecule has 0 bridgehead atoms. The quantitative estimate of drug-likeness (QED) is 0.595. The van der Waals surface area contributed by atoms with Crippen LogP contribution in [-0.2, 0) is 6.54 Å². The minimum Gasteiger partial charge on any atom is -0.339 e. The third-order valence-corrected chi connectivity index (χ3v) is 5.18. The summed E-state index contributed by atoms with van der Waals surface area (Å²) in [6, 6.07) is 16.7. The summed E-state index contributed by atoms with van der Waals surface area (Å²) in [6.07, 6.45) is -2.62. The summed E-state index contributed by atoms with van der Waals surface area (Å²) >= 11 is 6.45. The topological polar surface area (TPSA) is 32.3 Å². The molecule has 0 saturated heterocycles. The molecule has 3 aromatic rings. The maximum absolute atomic E-state index is 12.7. The second-order valence-electron chi connectivity index (χ2n) is 6.83. The second-order valence-corrected chi connectivity index (χ2v) is 7.24. The van der Waals surface area contributed by atoms with E-state index in [2.05, 4.69) is 27.0 Å². The molecule has 0 spiro atoms. The SMILES string of the molecule is CN1CCN(c2ccccc2Cl)c2ccc(-c3ccc(C(F)F)nn3)cc2C1. The lowest BCUT2D eigenvalue weighted by Crippen LogP contribution is -2.26. The van der Waals surface area contributed by atoms with Crippen LogP contribution in [0.3, 0.4) is 0 Å². The molecule has 0 N–H and O–H groups in total. The first-order valence-electron chi connectivity index (χ1n) is 8.98. The van der Waals surface area contributed by atoms with Gasteiger partial charge in [-0.3, -0.25) is 0 Å². The van der Waals surface area contributed by atoms with Crippen molar-refractivity contribution in [1.29, 1.82) is 0 Å². The lowest BCUT2D eigenvalue weighted by molar-refractivity contribution is 0.145. The van der Waals surface area contributed by atoms with Crippen molar-refractivity contribution >= 4 is 23.0 Å². The maximum atomic E-state index is 12.7. The molecule has 0 fully saturated rings. The summed E-state index contributed by atoms with van der Waals surface area (Å²) in [5.74, 6) is 0. The van der Waals surface area contributed by atoms with Gasteiger partial charge in [-0.2, -0.15) is 5.10 Å². The number of halogens is 3. The van der Waals surface area contributed by atoms with E-state index in [4.69, 9.17) is 11.6 Å². The summed E-state index contributed by atoms with van der Waals surface area (Å²) in [7, 11) is 2.07. The number of alkyl halides is 2. The first-order chi connectivity index (χ1) is 13.5. The van der Waals surface area contributed by atoms with Gasteiger partial charge in [0.2, 0.25) is 0 Å². The van der Waals surface area contributed by atoms with Crippen LogP contribution in [0.15, 0.2) is 54.6 Å². The molecule has 1 aliphatic rings. The zero-order valence-corrected chi connectivity index (χ0v) is 16.1. The van der Waals surface area contributed by atoms with E-state index in [0.29, 0.717) is 10.7 Å². The highest BCUT2D eigenvalue weighted by atomic mass is 35.5. The van der Waals surface area contributed by atoms with Gasteiger partial charge in [0.05, 0.1) is 16.4 Å². The van der Waals surface area contributed by atoms with Crippen LogP contribution in [0, 0.1) is 0 Å². The van der Waals surface area contributed by atoms with Crippen LogP contribution in [0.1, 0.15) is 17.7 Å². The van der Waals surface area contributed by atoms with Gasteiger partial charge in [0.25, 0.3) is 6.43 Å². The van der Waals surface area contributed by atoms with Crippen LogP contribution in [-0.4, -0.2) is 35.2 Å². The van der Waals surface area contributed by atoms with Gasteiger partial charge in [-0.1, -0.05) is 29.8 Å². The monoisotopic (exact) mass is 400 g/mol. The number of anilines is 2. The van der Waals surface area contributed by atoms with E-state index in [1.54, 1.807) is 6.07 Å². The second kappa shape index (κ2) is 7.81. The van der Waals surface area contributed by atoms with E-state index in [0.717, 1.165) is 42.1 Å². The Labute approximate surface area is 167 Å². The number of likely N-dealkylation sites (N-methyl/N-ethyl adjacent to an activating group) is 1. The van der Waals surface area contributed by atoms with Crippen molar-refractivity contribution in [3.8, 4) is 11.3 Å². The Hall–Kier alpha value is -2.57. The van der Waals surface area contributed by atoms with E-state index < -0.39 is 6.43 Å². The smallest absolute Gasteiger partial charge is 0.282 e. The molecule has 4 nitrogen and oxygen atoms in total. The number of fused-ring (bicyclic) bond motifs is 1. The number of aromatic nitrogens is 2. The van der Waals surface area contributed by atoms with Crippen LogP contribution in [0.25, 0.3) is 11.3 Å². The number of nitrogens with zero attached hydrogens (tertiary/aromatic N) is 4. The minimum absolute atomic E-state index is 0.317. The van der Waals surface area contributed by atoms with E-state index >= 15 is 0 Å². The molecule has 0 radical (unpaired) electrons. The molecule has 2 heterocycles. The standard InChI is InChI=1S/C21H19ClF2N4/c1-27-10-11-28(20-5-3-2-4-16(20)22)19-9-6-14(12-15(19)13-27)17-7-8-18(21(23)24)26-25-17/h2-9,12,21H,10-11,13H2,1H3. The summed E-state index contributed by atoms with van der Waals surface area (Å²) in [6.45, 7) is 2.47. The highest BCUT2D eigenvalue weighted by Crippen LogP contribution is 2.37. The lowest BCUT2D eigenvalue weighted by Gasteiger charge is -2.26. The van der Waals surface area contributed by atoms with Crippen molar-refractivity contribution in [2.45, 2.75) is 13.0 Å². The maximum Gasteiger partial charge on any atom is 0.282 e. The Balaban J connectivity index is 1.75. The van der Waals surface area contributed by atoms with Crippen molar-refractivity contribution in [1.82, 2.24) is 15.1 Å². The lowest BCUT2D eigenvalue weighted by atomic mass is 10.0. The molecule has 1 aromatic heterocycles. The highest BCUT2D eigenvalue weighted by Gasteiger charge is 2.21. The Morgan fingerprint density at radius 2 is 1.79 bits per heavy atom. The summed E-state index contributed by atoms with van der Waals surface area (Å²) < 4.78 is 25.5. The number of hydrogen-bond acceptors (Lipinski definition) is 4. The normalized spacial score (nSPS) is 14.8. The summed E-state index contributed by atoms with van der Waals surface area (Å²) in [5, 5.41) is 8.31. The third-order valence-electron chi connectivity index (χ3n) is 4.86. The van der Waals surface area contributed by atoms with E-state index in [-0.39, 0.29) is 5.69 Å². The van der Waals surface area contributed by atoms with E-state index in [1.165, 1.54) is 6.07 Å². The van der Waals surface area contributed by atoms with Crippen molar-refractivity contribution in [3.63, 3.8) is 0 Å². The Kier molecular flexibility index (Phi) is 5.24. The molecule has 28 heavy (non-hydrogen) atoms. The molecule has 7 heteroatoms. The van der Waals surface area contributed by atoms with Crippen LogP contribution < -0.4 is 4.90 Å². The van der Waals surface area contributed by atoms with Crippen molar-refractivity contribution in [2.75, 3.05) is 25.0 Å². The van der Waals surface area contributed by atoms with Crippen molar-refractivity contribution < 1.29 is 8.78 Å².